The van der Waals surface area contributed by atoms with Gasteiger partial charge in [0.25, 0.3) is 0 Å². The smallest absolute Gasteiger partial charge is 0.239 e. The monoisotopic (exact) mass is 534 g/mol. The standard InChI is InChI=1S/C18H13BrCl2N2O4S2/c19-13-5-7-17(18(10-13)29(22,26)27)23(28(24)25)14-3-1-2-11(8-14)12-4-6-15(20)16(21)9-12/h1-10,28H,(H2,22,26,27). The highest BCUT2D eigenvalue weighted by atomic mass is 79.9. The largest absolute Gasteiger partial charge is 0.240 e. The lowest BCUT2D eigenvalue weighted by molar-refractivity contribution is 0.598. The zero-order valence-corrected chi connectivity index (χ0v) is 19.2. The van der Waals surface area contributed by atoms with E-state index in [-0.39, 0.29) is 16.3 Å². The van der Waals surface area contributed by atoms with E-state index in [0.717, 1.165) is 4.31 Å². The average Bonchev–Trinajstić information content (AvgIpc) is 2.64. The normalized spacial score (nSPS) is 11.6. The summed E-state index contributed by atoms with van der Waals surface area (Å²) in [5.74, 6) is 0. The second-order valence-electron chi connectivity index (χ2n) is 5.89. The predicted molar refractivity (Wildman–Crippen MR) is 120 cm³/mol. The molecule has 0 aliphatic carbocycles. The highest BCUT2D eigenvalue weighted by Crippen LogP contribution is 2.36. The van der Waals surface area contributed by atoms with Crippen LogP contribution < -0.4 is 9.44 Å². The zero-order valence-electron chi connectivity index (χ0n) is 14.4. The Morgan fingerprint density at radius 1 is 0.897 bits per heavy atom. The van der Waals surface area contributed by atoms with E-state index in [0.29, 0.717) is 25.6 Å². The van der Waals surface area contributed by atoms with Crippen LogP contribution in [0.1, 0.15) is 0 Å². The van der Waals surface area contributed by atoms with Crippen molar-refractivity contribution >= 4 is 71.4 Å². The highest BCUT2D eigenvalue weighted by Gasteiger charge is 2.22. The van der Waals surface area contributed by atoms with Crippen LogP contribution in [-0.4, -0.2) is 16.8 Å². The van der Waals surface area contributed by atoms with Gasteiger partial charge in [0.1, 0.15) is 4.90 Å². The number of thiol groups is 1. The number of hydrogen-bond donors (Lipinski definition) is 2. The van der Waals surface area contributed by atoms with Crippen molar-refractivity contribution in [3.8, 4) is 11.1 Å². The number of primary sulfonamides is 1. The first kappa shape index (κ1) is 22.1. The maximum atomic E-state index is 12.1. The fourth-order valence-electron chi connectivity index (χ4n) is 2.71. The predicted octanol–water partition coefficient (Wildman–Crippen LogP) is 4.73. The van der Waals surface area contributed by atoms with Gasteiger partial charge in [-0.15, -0.1) is 0 Å². The van der Waals surface area contributed by atoms with Crippen LogP contribution in [0, 0.1) is 0 Å². The summed E-state index contributed by atoms with van der Waals surface area (Å²) >= 11 is 15.2. The molecule has 11 heteroatoms. The summed E-state index contributed by atoms with van der Waals surface area (Å²) in [7, 11) is -7.42. The molecule has 0 aliphatic rings. The molecule has 0 bridgehead atoms. The molecule has 0 aromatic heterocycles. The van der Waals surface area contributed by atoms with E-state index in [1.807, 2.05) is 0 Å². The van der Waals surface area contributed by atoms with Crippen LogP contribution in [0.2, 0.25) is 10.0 Å². The second kappa shape index (κ2) is 8.63. The van der Waals surface area contributed by atoms with E-state index in [2.05, 4.69) is 15.9 Å². The fourth-order valence-corrected chi connectivity index (χ4v) is 4.99. The number of nitrogens with two attached hydrogens (primary N) is 1. The molecule has 0 fully saturated rings. The minimum atomic E-state index is -4.19. The second-order valence-corrected chi connectivity index (χ2v) is 10.0. The minimum absolute atomic E-state index is 0.0851. The summed E-state index contributed by atoms with van der Waals surface area (Å²) in [5, 5.41) is 6.04. The number of anilines is 2. The molecule has 3 rings (SSSR count). The van der Waals surface area contributed by atoms with Gasteiger partial charge in [-0.2, -0.15) is 0 Å². The van der Waals surface area contributed by atoms with Crippen molar-refractivity contribution < 1.29 is 16.8 Å². The molecule has 0 radical (unpaired) electrons. The first-order valence-electron chi connectivity index (χ1n) is 7.90. The highest BCUT2D eigenvalue weighted by molar-refractivity contribution is 9.10. The Bertz CT molecular complexity index is 1270. The summed E-state index contributed by atoms with van der Waals surface area (Å²) in [6, 6.07) is 15.7. The van der Waals surface area contributed by atoms with E-state index < -0.39 is 20.9 Å². The van der Waals surface area contributed by atoms with Crippen LogP contribution in [0.3, 0.4) is 0 Å². The van der Waals surface area contributed by atoms with Gasteiger partial charge in [0, 0.05) is 4.47 Å². The van der Waals surface area contributed by atoms with Gasteiger partial charge in [-0.1, -0.05) is 57.3 Å². The minimum Gasteiger partial charge on any atom is -0.239 e. The number of nitrogens with zero attached hydrogens (tertiary/aromatic N) is 1. The maximum Gasteiger partial charge on any atom is 0.240 e. The van der Waals surface area contributed by atoms with Crippen LogP contribution in [-0.2, 0) is 20.9 Å². The van der Waals surface area contributed by atoms with Crippen molar-refractivity contribution in [2.24, 2.45) is 5.14 Å². The Balaban J connectivity index is 2.19. The molecule has 0 spiro atoms. The fraction of sp³-hybridized carbons (Fsp3) is 0. The maximum absolute atomic E-state index is 12.1. The summed E-state index contributed by atoms with van der Waals surface area (Å²) in [6.07, 6.45) is 0. The Morgan fingerprint density at radius 2 is 1.59 bits per heavy atom. The molecule has 0 heterocycles. The van der Waals surface area contributed by atoms with E-state index in [9.17, 15) is 16.8 Å². The average molecular weight is 536 g/mol. The Hall–Kier alpha value is -1.62. The third-order valence-corrected chi connectivity index (χ3v) is 6.91. The molecule has 3 aromatic rings. The first-order valence-corrected chi connectivity index (χ1v) is 12.1. The number of hydrogen-bond acceptors (Lipinski definition) is 4. The lowest BCUT2D eigenvalue weighted by Crippen LogP contribution is -2.21. The lowest BCUT2D eigenvalue weighted by atomic mass is 10.1. The van der Waals surface area contributed by atoms with Gasteiger partial charge < -0.3 is 0 Å². The van der Waals surface area contributed by atoms with E-state index >= 15 is 0 Å². The molecule has 2 N–H and O–H groups in total. The molecular weight excluding hydrogens is 523 g/mol. The third-order valence-electron chi connectivity index (χ3n) is 3.96. The van der Waals surface area contributed by atoms with E-state index in [4.69, 9.17) is 28.3 Å². The van der Waals surface area contributed by atoms with Crippen LogP contribution in [0.25, 0.3) is 11.1 Å². The van der Waals surface area contributed by atoms with Gasteiger partial charge in [0.2, 0.25) is 20.9 Å². The van der Waals surface area contributed by atoms with Gasteiger partial charge in [-0.05, 0) is 53.6 Å². The van der Waals surface area contributed by atoms with Gasteiger partial charge >= 0.3 is 0 Å². The van der Waals surface area contributed by atoms with Crippen LogP contribution >= 0.6 is 39.1 Å². The van der Waals surface area contributed by atoms with Crippen molar-refractivity contribution in [2.75, 3.05) is 4.31 Å². The Labute approximate surface area is 188 Å². The quantitative estimate of drug-likeness (QED) is 0.461. The van der Waals surface area contributed by atoms with E-state index in [1.54, 1.807) is 42.5 Å². The number of halogens is 3. The topological polar surface area (TPSA) is 97.5 Å². The molecule has 0 saturated carbocycles. The van der Waals surface area contributed by atoms with Crippen molar-refractivity contribution in [1.29, 1.82) is 0 Å². The van der Waals surface area contributed by atoms with Crippen LogP contribution in [0.4, 0.5) is 11.4 Å². The molecule has 152 valence electrons. The first-order chi connectivity index (χ1) is 13.6. The molecule has 0 saturated heterocycles. The molecule has 0 atom stereocenters. The molecule has 0 aliphatic heterocycles. The molecular formula is C18H13BrCl2N2O4S2. The molecule has 0 amide bonds. The van der Waals surface area contributed by atoms with Gasteiger partial charge in [-0.25, -0.2) is 26.3 Å². The van der Waals surface area contributed by atoms with Crippen molar-refractivity contribution in [3.63, 3.8) is 0 Å². The van der Waals surface area contributed by atoms with Gasteiger partial charge in [0.15, 0.2) is 0 Å². The number of sulfonamides is 1. The van der Waals surface area contributed by atoms with Crippen molar-refractivity contribution in [1.82, 2.24) is 0 Å². The van der Waals surface area contributed by atoms with Gasteiger partial charge in [0.05, 0.1) is 21.4 Å². The molecule has 0 unspecified atom stereocenters. The Kier molecular flexibility index (Phi) is 6.57. The lowest BCUT2D eigenvalue weighted by Gasteiger charge is -2.21. The Morgan fingerprint density at radius 3 is 2.21 bits per heavy atom. The number of benzene rings is 3. The molecule has 3 aromatic carbocycles. The zero-order chi connectivity index (χ0) is 21.3. The summed E-state index contributed by atoms with van der Waals surface area (Å²) < 4.78 is 49.6. The van der Waals surface area contributed by atoms with Crippen LogP contribution in [0.15, 0.2) is 70.0 Å². The van der Waals surface area contributed by atoms with Crippen molar-refractivity contribution in [3.05, 3.63) is 75.2 Å². The molecule has 6 nitrogen and oxygen atoms in total. The summed E-state index contributed by atoms with van der Waals surface area (Å²) in [6.45, 7) is 0. The van der Waals surface area contributed by atoms with Crippen LogP contribution in [0.5, 0.6) is 0 Å². The number of rotatable bonds is 5. The van der Waals surface area contributed by atoms with E-state index in [1.165, 1.54) is 18.2 Å². The third kappa shape index (κ3) is 4.93. The van der Waals surface area contributed by atoms with Gasteiger partial charge in [-0.3, -0.25) is 0 Å². The summed E-state index contributed by atoms with van der Waals surface area (Å²) in [5.41, 5.74) is 1.52. The van der Waals surface area contributed by atoms with Crippen molar-refractivity contribution in [2.45, 2.75) is 4.90 Å². The summed E-state index contributed by atoms with van der Waals surface area (Å²) in [4.78, 5) is -0.328. The SMILES string of the molecule is NS(=O)(=O)c1cc(Br)ccc1N(c1cccc(-c2ccc(Cl)c(Cl)c2)c1)[SH](=O)=O. The molecule has 29 heavy (non-hydrogen) atoms.